The van der Waals surface area contributed by atoms with Crippen molar-refractivity contribution in [1.82, 2.24) is 0 Å². The average Bonchev–Trinajstić information content (AvgIpc) is 2.92. The van der Waals surface area contributed by atoms with Gasteiger partial charge >= 0.3 is 12.1 Å². The molecular weight excluding hydrogens is 489 g/mol. The molecule has 38 heavy (non-hydrogen) atoms. The molecule has 5 aromatic carbocycles. The molecule has 190 valence electrons. The van der Waals surface area contributed by atoms with Gasteiger partial charge in [-0.25, -0.2) is 4.79 Å². The molecule has 0 fully saturated rings. The monoisotopic (exact) mass is 512 g/mol. The molecule has 0 aliphatic rings. The summed E-state index contributed by atoms with van der Waals surface area (Å²) in [6, 6.07) is 32.7. The maximum atomic E-state index is 13.4. The van der Waals surface area contributed by atoms with Crippen molar-refractivity contribution >= 4 is 16.7 Å². The van der Waals surface area contributed by atoms with Crippen LogP contribution in [0.2, 0.25) is 0 Å². The second-order valence-electron chi connectivity index (χ2n) is 8.96. The van der Waals surface area contributed by atoms with E-state index in [-0.39, 0.29) is 0 Å². The summed E-state index contributed by atoms with van der Waals surface area (Å²) in [4.78, 5) is 12.1. The maximum absolute atomic E-state index is 13.4. The van der Waals surface area contributed by atoms with E-state index in [9.17, 15) is 23.1 Å². The molecule has 0 bridgehead atoms. The lowest BCUT2D eigenvalue weighted by Gasteiger charge is -2.20. The number of carboxylic acids is 1. The molecule has 0 heterocycles. The van der Waals surface area contributed by atoms with Crippen molar-refractivity contribution in [2.45, 2.75) is 18.7 Å². The Balaban J connectivity index is 1.60. The molecule has 0 amide bonds. The minimum atomic E-state index is -4.46. The van der Waals surface area contributed by atoms with Crippen molar-refractivity contribution in [3.8, 4) is 16.9 Å². The lowest BCUT2D eigenvalue weighted by molar-refractivity contribution is -0.145. The molecule has 1 atom stereocenters. The quantitative estimate of drug-likeness (QED) is 0.239. The van der Waals surface area contributed by atoms with Crippen molar-refractivity contribution in [2.75, 3.05) is 0 Å². The maximum Gasteiger partial charge on any atom is 0.416 e. The topological polar surface area (TPSA) is 46.5 Å². The number of rotatable bonds is 7. The first kappa shape index (κ1) is 25.1. The van der Waals surface area contributed by atoms with E-state index in [1.54, 1.807) is 54.6 Å². The highest BCUT2D eigenvalue weighted by Gasteiger charge is 2.30. The zero-order valence-electron chi connectivity index (χ0n) is 20.2. The summed E-state index contributed by atoms with van der Waals surface area (Å²) in [6.45, 7) is 0. The lowest BCUT2D eigenvalue weighted by atomic mass is 9.94. The van der Waals surface area contributed by atoms with E-state index in [2.05, 4.69) is 0 Å². The van der Waals surface area contributed by atoms with Crippen LogP contribution in [0.3, 0.4) is 0 Å². The van der Waals surface area contributed by atoms with Crippen LogP contribution in [0.1, 0.15) is 28.4 Å². The molecule has 6 heteroatoms. The number of hydrogen-bond donors (Lipinski definition) is 1. The van der Waals surface area contributed by atoms with E-state index in [4.69, 9.17) is 4.74 Å². The van der Waals surface area contributed by atoms with Gasteiger partial charge in [0.25, 0.3) is 0 Å². The summed E-state index contributed by atoms with van der Waals surface area (Å²) in [5, 5.41) is 12.0. The largest absolute Gasteiger partial charge is 0.478 e. The predicted molar refractivity (Wildman–Crippen MR) is 141 cm³/mol. The summed E-state index contributed by atoms with van der Waals surface area (Å²) in [5.74, 6) is -0.792. The summed E-state index contributed by atoms with van der Waals surface area (Å²) in [6.07, 6.45) is -5.32. The normalized spacial score (nSPS) is 12.3. The van der Waals surface area contributed by atoms with Crippen LogP contribution >= 0.6 is 0 Å². The number of fused-ring (bicyclic) bond motifs is 1. The molecule has 0 saturated carbocycles. The molecule has 5 rings (SSSR count). The van der Waals surface area contributed by atoms with Gasteiger partial charge in [-0.2, -0.15) is 13.2 Å². The molecule has 0 spiro atoms. The van der Waals surface area contributed by atoms with E-state index in [1.165, 1.54) is 6.07 Å². The van der Waals surface area contributed by atoms with Crippen LogP contribution in [0, 0.1) is 0 Å². The highest BCUT2D eigenvalue weighted by atomic mass is 19.4. The smallest absolute Gasteiger partial charge is 0.416 e. The third-order valence-corrected chi connectivity index (χ3v) is 6.42. The highest BCUT2D eigenvalue weighted by Crippen LogP contribution is 2.36. The van der Waals surface area contributed by atoms with E-state index < -0.39 is 23.8 Å². The van der Waals surface area contributed by atoms with Crippen LogP contribution in [0.5, 0.6) is 5.75 Å². The molecule has 0 aliphatic carbocycles. The Morgan fingerprint density at radius 3 is 2.18 bits per heavy atom. The number of hydrogen-bond acceptors (Lipinski definition) is 2. The first-order valence-electron chi connectivity index (χ1n) is 12.0. The molecule has 0 radical (unpaired) electrons. The Morgan fingerprint density at radius 2 is 1.42 bits per heavy atom. The molecule has 1 unspecified atom stereocenters. The summed E-state index contributed by atoms with van der Waals surface area (Å²) < 4.78 is 46.2. The Bertz CT molecular complexity index is 1590. The van der Waals surface area contributed by atoms with Gasteiger partial charge in [-0.15, -0.1) is 0 Å². The van der Waals surface area contributed by atoms with Gasteiger partial charge in [0.05, 0.1) is 5.56 Å². The number of carboxylic acid groups (broad SMARTS) is 1. The van der Waals surface area contributed by atoms with Gasteiger partial charge in [-0.1, -0.05) is 91.0 Å². The SMILES string of the molecule is O=C(O)C(Oc1ccc(-c2cccc(C(F)(F)F)c2)cc1Cc1cccc2ccccc12)c1ccccc1. The minimum absolute atomic E-state index is 0.352. The standard InChI is InChI=1S/C32H23F3O3/c33-32(34,35)27-14-7-12-23(20-27)24-16-17-29(38-30(31(36)37)22-9-2-1-3-10-22)26(18-24)19-25-13-6-11-21-8-4-5-15-28(21)25/h1-18,20,30H,19H2,(H,36,37). The van der Waals surface area contributed by atoms with Crippen molar-refractivity contribution < 1.29 is 27.8 Å². The van der Waals surface area contributed by atoms with E-state index in [0.717, 1.165) is 28.5 Å². The number of benzene rings is 5. The fourth-order valence-electron chi connectivity index (χ4n) is 4.55. The van der Waals surface area contributed by atoms with Gasteiger partial charge in [0.2, 0.25) is 6.10 Å². The van der Waals surface area contributed by atoms with E-state index in [1.807, 2.05) is 42.5 Å². The average molecular weight is 513 g/mol. The van der Waals surface area contributed by atoms with Crippen molar-refractivity contribution in [3.05, 3.63) is 138 Å². The van der Waals surface area contributed by atoms with Crippen molar-refractivity contribution in [1.29, 1.82) is 0 Å². The minimum Gasteiger partial charge on any atom is -0.478 e. The van der Waals surface area contributed by atoms with Crippen LogP contribution in [0.25, 0.3) is 21.9 Å². The number of aliphatic carboxylic acids is 1. The molecule has 5 aromatic rings. The van der Waals surface area contributed by atoms with Crippen LogP contribution in [0.15, 0.2) is 115 Å². The molecule has 1 N–H and O–H groups in total. The van der Waals surface area contributed by atoms with Gasteiger partial charge < -0.3 is 9.84 Å². The van der Waals surface area contributed by atoms with Gasteiger partial charge in [0, 0.05) is 12.0 Å². The predicted octanol–water partition coefficient (Wildman–Crippen LogP) is 8.32. The summed E-state index contributed by atoms with van der Waals surface area (Å²) in [7, 11) is 0. The highest BCUT2D eigenvalue weighted by molar-refractivity contribution is 5.86. The van der Waals surface area contributed by atoms with Gasteiger partial charge in [0.15, 0.2) is 0 Å². The van der Waals surface area contributed by atoms with Gasteiger partial charge in [-0.05, 0) is 57.3 Å². The number of ether oxygens (including phenoxy) is 1. The fourth-order valence-corrected chi connectivity index (χ4v) is 4.55. The molecule has 0 aliphatic heterocycles. The lowest BCUT2D eigenvalue weighted by Crippen LogP contribution is -2.18. The number of carbonyl (C=O) groups is 1. The first-order chi connectivity index (χ1) is 18.3. The Kier molecular flexibility index (Phi) is 6.88. The van der Waals surface area contributed by atoms with Crippen LogP contribution in [-0.2, 0) is 17.4 Å². The van der Waals surface area contributed by atoms with E-state index >= 15 is 0 Å². The van der Waals surface area contributed by atoms with Crippen molar-refractivity contribution in [3.63, 3.8) is 0 Å². The Morgan fingerprint density at radius 1 is 0.737 bits per heavy atom. The van der Waals surface area contributed by atoms with Crippen LogP contribution in [0.4, 0.5) is 13.2 Å². The molecule has 3 nitrogen and oxygen atoms in total. The first-order valence-corrected chi connectivity index (χ1v) is 12.0. The second kappa shape index (κ2) is 10.4. The Hall–Kier alpha value is -4.58. The molecular formula is C32H23F3O3. The molecule has 0 aromatic heterocycles. The second-order valence-corrected chi connectivity index (χ2v) is 8.96. The number of alkyl halides is 3. The zero-order chi connectivity index (χ0) is 26.7. The molecule has 0 saturated heterocycles. The van der Waals surface area contributed by atoms with Crippen LogP contribution in [-0.4, -0.2) is 11.1 Å². The van der Waals surface area contributed by atoms with E-state index in [0.29, 0.717) is 34.4 Å². The van der Waals surface area contributed by atoms with Gasteiger partial charge in [0.1, 0.15) is 5.75 Å². The van der Waals surface area contributed by atoms with Crippen LogP contribution < -0.4 is 4.74 Å². The Labute approximate surface area is 217 Å². The van der Waals surface area contributed by atoms with Gasteiger partial charge in [-0.3, -0.25) is 0 Å². The third kappa shape index (κ3) is 5.39. The fraction of sp³-hybridized carbons (Fsp3) is 0.0938. The summed E-state index contributed by atoms with van der Waals surface area (Å²) in [5.41, 5.74) is 2.38. The summed E-state index contributed by atoms with van der Waals surface area (Å²) >= 11 is 0. The van der Waals surface area contributed by atoms with Crippen molar-refractivity contribution in [2.24, 2.45) is 0 Å². The third-order valence-electron chi connectivity index (χ3n) is 6.42. The zero-order valence-corrected chi connectivity index (χ0v) is 20.2. The number of halogens is 3.